The molecule has 0 spiro atoms. The first-order valence-electron chi connectivity index (χ1n) is 10.6. The van der Waals surface area contributed by atoms with Crippen molar-refractivity contribution in [3.63, 3.8) is 0 Å². The van der Waals surface area contributed by atoms with Gasteiger partial charge in [-0.05, 0) is 63.1 Å². The van der Waals surface area contributed by atoms with Crippen LogP contribution in [0.5, 0.6) is 5.75 Å². The molecule has 0 aliphatic carbocycles. The summed E-state index contributed by atoms with van der Waals surface area (Å²) >= 11 is 6.23. The minimum absolute atomic E-state index is 0.0822. The number of benzene rings is 3. The number of carbonyl (C=O) groups is 2. The molecule has 1 heterocycles. The van der Waals surface area contributed by atoms with Gasteiger partial charge in [-0.1, -0.05) is 53.6 Å². The zero-order chi connectivity index (χ0) is 23.7. The van der Waals surface area contributed by atoms with E-state index in [0.717, 1.165) is 16.7 Å². The Bertz CT molecular complexity index is 1330. The molecule has 0 saturated heterocycles. The molecule has 0 saturated carbocycles. The van der Waals surface area contributed by atoms with Crippen LogP contribution in [0.1, 0.15) is 39.7 Å². The lowest BCUT2D eigenvalue weighted by molar-refractivity contribution is -0.122. The Hall–Kier alpha value is -3.57. The second-order valence-corrected chi connectivity index (χ2v) is 8.50. The molecule has 0 aliphatic rings. The number of anilines is 1. The van der Waals surface area contributed by atoms with E-state index >= 15 is 0 Å². The van der Waals surface area contributed by atoms with Crippen molar-refractivity contribution in [3.05, 3.63) is 93.7 Å². The van der Waals surface area contributed by atoms with Crippen LogP contribution in [0.3, 0.4) is 0 Å². The van der Waals surface area contributed by atoms with Crippen molar-refractivity contribution in [1.29, 1.82) is 0 Å². The topological polar surface area (TPSA) is 68.5 Å². The lowest BCUT2D eigenvalue weighted by Gasteiger charge is -2.16. The summed E-state index contributed by atoms with van der Waals surface area (Å²) in [6.45, 7) is 7.37. The largest absolute Gasteiger partial charge is 0.481 e. The molecule has 0 fully saturated rings. The maximum Gasteiger partial charge on any atom is 0.265 e. The van der Waals surface area contributed by atoms with E-state index in [0.29, 0.717) is 33.0 Å². The number of hydrogen-bond acceptors (Lipinski definition) is 4. The molecule has 1 N–H and O–H groups in total. The molecule has 0 unspecified atom stereocenters. The van der Waals surface area contributed by atoms with Crippen molar-refractivity contribution in [2.24, 2.45) is 0 Å². The van der Waals surface area contributed by atoms with E-state index in [9.17, 15) is 9.59 Å². The lowest BCUT2D eigenvalue weighted by atomic mass is 10.1. The summed E-state index contributed by atoms with van der Waals surface area (Å²) < 4.78 is 11.7. The highest BCUT2D eigenvalue weighted by Gasteiger charge is 2.25. The third-order valence-electron chi connectivity index (χ3n) is 5.46. The van der Waals surface area contributed by atoms with Crippen LogP contribution in [0.2, 0.25) is 5.02 Å². The molecule has 4 rings (SSSR count). The first-order chi connectivity index (χ1) is 15.7. The number of nitrogens with one attached hydrogen (secondary N) is 1. The molecular formula is C27H24ClNO4. The maximum atomic E-state index is 13.2. The van der Waals surface area contributed by atoms with Gasteiger partial charge < -0.3 is 14.5 Å². The van der Waals surface area contributed by atoms with Gasteiger partial charge in [-0.2, -0.15) is 0 Å². The number of amides is 1. The summed E-state index contributed by atoms with van der Waals surface area (Å²) in [6.07, 6.45) is -0.819. The van der Waals surface area contributed by atoms with E-state index in [1.54, 1.807) is 43.3 Å². The van der Waals surface area contributed by atoms with Gasteiger partial charge in [-0.15, -0.1) is 0 Å². The van der Waals surface area contributed by atoms with Crippen LogP contribution < -0.4 is 10.1 Å². The van der Waals surface area contributed by atoms with Crippen molar-refractivity contribution in [3.8, 4) is 5.75 Å². The SMILES string of the molecule is Cc1ccc(C(=O)c2oc3ccccc3c2NC(=O)[C@@H](C)Oc2cc(C)c(Cl)c(C)c2)cc1. The second kappa shape index (κ2) is 9.12. The minimum Gasteiger partial charge on any atom is -0.481 e. The van der Waals surface area contributed by atoms with E-state index in [4.69, 9.17) is 20.8 Å². The van der Waals surface area contributed by atoms with Gasteiger partial charge in [-0.25, -0.2) is 0 Å². The fourth-order valence-corrected chi connectivity index (χ4v) is 3.73. The highest BCUT2D eigenvalue weighted by Crippen LogP contribution is 2.33. The van der Waals surface area contributed by atoms with Gasteiger partial charge in [0.25, 0.3) is 5.91 Å². The monoisotopic (exact) mass is 461 g/mol. The number of furan rings is 1. The number of halogens is 1. The van der Waals surface area contributed by atoms with Crippen LogP contribution >= 0.6 is 11.6 Å². The average Bonchev–Trinajstić information content (AvgIpc) is 3.15. The summed E-state index contributed by atoms with van der Waals surface area (Å²) in [4.78, 5) is 26.2. The average molecular weight is 462 g/mol. The van der Waals surface area contributed by atoms with Crippen LogP contribution in [0, 0.1) is 20.8 Å². The smallest absolute Gasteiger partial charge is 0.265 e. The highest BCUT2D eigenvalue weighted by molar-refractivity contribution is 6.32. The number of ketones is 1. The molecule has 4 aromatic rings. The molecule has 0 bridgehead atoms. The number of fused-ring (bicyclic) bond motifs is 1. The second-order valence-electron chi connectivity index (χ2n) is 8.12. The number of ether oxygens (including phenoxy) is 1. The maximum absolute atomic E-state index is 13.2. The standard InChI is InChI=1S/C27H24ClNO4/c1-15-9-11-19(12-10-15)25(30)26-24(21-7-5-6-8-22(21)33-26)29-27(31)18(4)32-20-13-16(2)23(28)17(3)14-20/h5-14,18H,1-4H3,(H,29,31)/t18-/m1/s1. The predicted octanol–water partition coefficient (Wildman–Crippen LogP) is 6.65. The first-order valence-corrected chi connectivity index (χ1v) is 11.0. The van der Waals surface area contributed by atoms with Gasteiger partial charge in [0, 0.05) is 16.0 Å². The first kappa shape index (κ1) is 22.6. The van der Waals surface area contributed by atoms with E-state index in [2.05, 4.69) is 5.32 Å². The summed E-state index contributed by atoms with van der Waals surface area (Å²) in [7, 11) is 0. The zero-order valence-corrected chi connectivity index (χ0v) is 19.6. The zero-order valence-electron chi connectivity index (χ0n) is 18.9. The Morgan fingerprint density at radius 3 is 2.27 bits per heavy atom. The number of rotatable bonds is 6. The van der Waals surface area contributed by atoms with E-state index < -0.39 is 12.0 Å². The number of hydrogen-bond donors (Lipinski definition) is 1. The quantitative estimate of drug-likeness (QED) is 0.326. The highest BCUT2D eigenvalue weighted by atomic mass is 35.5. The van der Waals surface area contributed by atoms with E-state index in [-0.39, 0.29) is 11.5 Å². The van der Waals surface area contributed by atoms with Gasteiger partial charge in [0.05, 0.1) is 5.69 Å². The van der Waals surface area contributed by atoms with Gasteiger partial charge in [0.1, 0.15) is 11.3 Å². The Kier molecular flexibility index (Phi) is 6.25. The molecule has 1 aromatic heterocycles. The number of aryl methyl sites for hydroxylation is 3. The normalized spacial score (nSPS) is 11.9. The molecule has 0 radical (unpaired) electrons. The van der Waals surface area contributed by atoms with Crippen molar-refractivity contribution in [2.45, 2.75) is 33.8 Å². The molecule has 1 atom stereocenters. The lowest BCUT2D eigenvalue weighted by Crippen LogP contribution is -2.30. The fraction of sp³-hybridized carbons (Fsp3) is 0.185. The molecular weight excluding hydrogens is 438 g/mol. The molecule has 1 amide bonds. The van der Waals surface area contributed by atoms with E-state index in [1.807, 2.05) is 45.0 Å². The summed E-state index contributed by atoms with van der Waals surface area (Å²) in [5, 5.41) is 4.17. The predicted molar refractivity (Wildman–Crippen MR) is 130 cm³/mol. The molecule has 5 nitrogen and oxygen atoms in total. The van der Waals surface area contributed by atoms with Crippen molar-refractivity contribution in [2.75, 3.05) is 5.32 Å². The Morgan fingerprint density at radius 2 is 1.61 bits per heavy atom. The van der Waals surface area contributed by atoms with Crippen LogP contribution in [0.15, 0.2) is 65.1 Å². The summed E-state index contributed by atoms with van der Waals surface area (Å²) in [6, 6.07) is 18.0. The van der Waals surface area contributed by atoms with Crippen molar-refractivity contribution >= 4 is 39.9 Å². The van der Waals surface area contributed by atoms with Gasteiger partial charge in [-0.3, -0.25) is 9.59 Å². The minimum atomic E-state index is -0.819. The number of para-hydroxylation sites is 1. The Balaban J connectivity index is 1.63. The molecule has 33 heavy (non-hydrogen) atoms. The molecule has 168 valence electrons. The van der Waals surface area contributed by atoms with Crippen LogP contribution in [-0.2, 0) is 4.79 Å². The van der Waals surface area contributed by atoms with E-state index in [1.165, 1.54) is 0 Å². The van der Waals surface area contributed by atoms with Crippen LogP contribution in [0.25, 0.3) is 11.0 Å². The van der Waals surface area contributed by atoms with Gasteiger partial charge in [0.2, 0.25) is 5.78 Å². The van der Waals surface area contributed by atoms with Crippen LogP contribution in [-0.4, -0.2) is 17.8 Å². The molecule has 3 aromatic carbocycles. The Morgan fingerprint density at radius 1 is 0.970 bits per heavy atom. The summed E-state index contributed by atoms with van der Waals surface area (Å²) in [5.74, 6) is -0.0763. The molecule has 0 aliphatic heterocycles. The summed E-state index contributed by atoms with van der Waals surface area (Å²) in [5.41, 5.74) is 4.10. The third kappa shape index (κ3) is 4.64. The number of carbonyl (C=O) groups excluding carboxylic acids is 2. The van der Waals surface area contributed by atoms with Gasteiger partial charge in [0.15, 0.2) is 11.9 Å². The molecule has 6 heteroatoms. The fourth-order valence-electron chi connectivity index (χ4n) is 3.62. The van der Waals surface area contributed by atoms with Crippen molar-refractivity contribution < 1.29 is 18.7 Å². The van der Waals surface area contributed by atoms with Gasteiger partial charge >= 0.3 is 0 Å². The van der Waals surface area contributed by atoms with Crippen molar-refractivity contribution in [1.82, 2.24) is 0 Å². The third-order valence-corrected chi connectivity index (χ3v) is 6.05. The Labute approximate surface area is 197 Å². The van der Waals surface area contributed by atoms with Crippen LogP contribution in [0.4, 0.5) is 5.69 Å².